The van der Waals surface area contributed by atoms with Crippen LogP contribution in [0.1, 0.15) is 18.9 Å². The first-order chi connectivity index (χ1) is 8.49. The molecule has 1 aliphatic rings. The lowest BCUT2D eigenvalue weighted by Crippen LogP contribution is -2.42. The summed E-state index contributed by atoms with van der Waals surface area (Å²) in [5.74, 6) is 0.314. The normalized spacial score (nSPS) is 24.1. The summed E-state index contributed by atoms with van der Waals surface area (Å²) in [4.78, 5) is 2.19. The number of nitrogens with two attached hydrogens (primary N) is 1. The fourth-order valence-electron chi connectivity index (χ4n) is 2.35. The van der Waals surface area contributed by atoms with Crippen molar-refractivity contribution in [2.75, 3.05) is 18.0 Å². The van der Waals surface area contributed by atoms with Gasteiger partial charge in [-0.3, -0.25) is 5.41 Å². The lowest BCUT2D eigenvalue weighted by molar-refractivity contribution is 0.0971. The molecule has 5 heteroatoms. The monoisotopic (exact) mass is 311 g/mol. The lowest BCUT2D eigenvalue weighted by Gasteiger charge is -2.37. The highest BCUT2D eigenvalue weighted by Gasteiger charge is 2.26. The van der Waals surface area contributed by atoms with E-state index in [1.54, 1.807) is 0 Å². The third-order valence-electron chi connectivity index (χ3n) is 3.45. The predicted molar refractivity (Wildman–Crippen MR) is 77.2 cm³/mol. The Bertz CT molecular complexity index is 464. The van der Waals surface area contributed by atoms with E-state index >= 15 is 0 Å². The zero-order chi connectivity index (χ0) is 13.3. The van der Waals surface area contributed by atoms with Gasteiger partial charge < -0.3 is 15.7 Å². The maximum absolute atomic E-state index is 9.77. The van der Waals surface area contributed by atoms with E-state index < -0.39 is 0 Å². The lowest BCUT2D eigenvalue weighted by atomic mass is 9.95. The number of nitrogens with zero attached hydrogens (tertiary/aromatic N) is 1. The van der Waals surface area contributed by atoms with E-state index in [0.29, 0.717) is 0 Å². The van der Waals surface area contributed by atoms with Crippen LogP contribution in [0.4, 0.5) is 5.69 Å². The number of amidine groups is 1. The number of aliphatic hydroxyl groups excluding tert-OH is 1. The summed E-state index contributed by atoms with van der Waals surface area (Å²) in [6.07, 6.45) is 0.527. The number of piperidine rings is 1. The van der Waals surface area contributed by atoms with E-state index in [1.807, 2.05) is 25.1 Å². The van der Waals surface area contributed by atoms with Gasteiger partial charge in [0.1, 0.15) is 5.84 Å². The summed E-state index contributed by atoms with van der Waals surface area (Å²) in [7, 11) is 0. The number of aliphatic hydroxyl groups is 1. The molecular formula is C13H18BrN3O. The molecule has 1 aromatic carbocycles. The second-order valence-electron chi connectivity index (χ2n) is 4.85. The highest BCUT2D eigenvalue weighted by Crippen LogP contribution is 2.29. The molecule has 0 radical (unpaired) electrons. The highest BCUT2D eigenvalue weighted by molar-refractivity contribution is 9.10. The van der Waals surface area contributed by atoms with Gasteiger partial charge in [-0.1, -0.05) is 22.9 Å². The summed E-state index contributed by atoms with van der Waals surface area (Å²) in [5, 5.41) is 17.4. The van der Waals surface area contributed by atoms with Crippen molar-refractivity contribution in [3.8, 4) is 0 Å². The number of hydrogen-bond donors (Lipinski definition) is 3. The maximum atomic E-state index is 9.77. The Morgan fingerprint density at radius 1 is 1.56 bits per heavy atom. The van der Waals surface area contributed by atoms with Crippen molar-refractivity contribution in [3.63, 3.8) is 0 Å². The van der Waals surface area contributed by atoms with E-state index in [4.69, 9.17) is 11.1 Å². The number of halogens is 1. The second kappa shape index (κ2) is 5.28. The number of anilines is 1. The average Bonchev–Trinajstić information content (AvgIpc) is 2.32. The molecule has 18 heavy (non-hydrogen) atoms. The van der Waals surface area contributed by atoms with Crippen LogP contribution in [0.5, 0.6) is 0 Å². The first-order valence-electron chi connectivity index (χ1n) is 6.06. The van der Waals surface area contributed by atoms with E-state index in [9.17, 15) is 5.11 Å². The zero-order valence-corrected chi connectivity index (χ0v) is 11.9. The molecule has 4 N–H and O–H groups in total. The van der Waals surface area contributed by atoms with E-state index in [0.717, 1.165) is 35.2 Å². The maximum Gasteiger partial charge on any atom is 0.124 e. The van der Waals surface area contributed by atoms with Crippen molar-refractivity contribution < 1.29 is 5.11 Å². The van der Waals surface area contributed by atoms with Gasteiger partial charge >= 0.3 is 0 Å². The largest absolute Gasteiger partial charge is 0.393 e. The van der Waals surface area contributed by atoms with E-state index in [2.05, 4.69) is 20.8 Å². The van der Waals surface area contributed by atoms with E-state index in [-0.39, 0.29) is 17.9 Å². The molecule has 98 valence electrons. The molecular weight excluding hydrogens is 294 g/mol. The molecule has 0 aliphatic carbocycles. The first-order valence-corrected chi connectivity index (χ1v) is 6.85. The van der Waals surface area contributed by atoms with Crippen LogP contribution in [0.3, 0.4) is 0 Å². The summed E-state index contributed by atoms with van der Waals surface area (Å²) in [6.45, 7) is 3.63. The molecule has 4 nitrogen and oxygen atoms in total. The smallest absolute Gasteiger partial charge is 0.124 e. The van der Waals surface area contributed by atoms with Crippen molar-refractivity contribution in [3.05, 3.63) is 28.2 Å². The first kappa shape index (κ1) is 13.4. The standard InChI is InChI=1S/C13H18BrN3O/c1-8-7-17(5-4-12(8)18)11-6-9(14)2-3-10(11)13(15)16/h2-3,6,8,12,18H,4-5,7H2,1H3,(H3,15,16). The van der Waals surface area contributed by atoms with Crippen molar-refractivity contribution >= 4 is 27.5 Å². The van der Waals surface area contributed by atoms with Crippen LogP contribution in [0, 0.1) is 11.3 Å². The van der Waals surface area contributed by atoms with Crippen LogP contribution in [0.25, 0.3) is 0 Å². The van der Waals surface area contributed by atoms with Crippen LogP contribution in [0.2, 0.25) is 0 Å². The Labute approximate surface area is 115 Å². The van der Waals surface area contributed by atoms with Crippen molar-refractivity contribution in [2.45, 2.75) is 19.4 Å². The molecule has 2 atom stereocenters. The van der Waals surface area contributed by atoms with E-state index in [1.165, 1.54) is 0 Å². The number of rotatable bonds is 2. The van der Waals surface area contributed by atoms with Crippen LogP contribution in [-0.2, 0) is 0 Å². The van der Waals surface area contributed by atoms with Crippen LogP contribution >= 0.6 is 15.9 Å². The molecule has 0 aromatic heterocycles. The number of nitrogen functional groups attached to an aromatic ring is 1. The molecule has 1 aromatic rings. The zero-order valence-electron chi connectivity index (χ0n) is 10.4. The molecule has 1 fully saturated rings. The summed E-state index contributed by atoms with van der Waals surface area (Å²) < 4.78 is 0.973. The Balaban J connectivity index is 2.32. The SMILES string of the molecule is CC1CN(c2cc(Br)ccc2C(=N)N)CCC1O. The minimum atomic E-state index is -0.228. The molecule has 1 aliphatic heterocycles. The van der Waals surface area contributed by atoms with Gasteiger partial charge in [0.15, 0.2) is 0 Å². The minimum Gasteiger partial charge on any atom is -0.393 e. The molecule has 1 saturated heterocycles. The fourth-order valence-corrected chi connectivity index (χ4v) is 2.70. The van der Waals surface area contributed by atoms with Gasteiger partial charge in [-0.2, -0.15) is 0 Å². The molecule has 2 unspecified atom stereocenters. The second-order valence-corrected chi connectivity index (χ2v) is 5.77. The van der Waals surface area contributed by atoms with Crippen LogP contribution < -0.4 is 10.6 Å². The summed E-state index contributed by atoms with van der Waals surface area (Å²) in [6, 6.07) is 5.74. The number of nitrogens with one attached hydrogen (secondary N) is 1. The Morgan fingerprint density at radius 2 is 2.28 bits per heavy atom. The van der Waals surface area contributed by atoms with Gasteiger partial charge in [-0.05, 0) is 30.5 Å². The van der Waals surface area contributed by atoms with Gasteiger partial charge in [-0.25, -0.2) is 0 Å². The van der Waals surface area contributed by atoms with Gasteiger partial charge in [0, 0.05) is 28.8 Å². The molecule has 0 saturated carbocycles. The predicted octanol–water partition coefficient (Wildman–Crippen LogP) is 1.94. The van der Waals surface area contributed by atoms with Crippen LogP contribution in [-0.4, -0.2) is 30.1 Å². The van der Waals surface area contributed by atoms with Crippen molar-refractivity contribution in [1.29, 1.82) is 5.41 Å². The average molecular weight is 312 g/mol. The Morgan fingerprint density at radius 3 is 2.89 bits per heavy atom. The Kier molecular flexibility index (Phi) is 3.92. The Hall–Kier alpha value is -1.07. The van der Waals surface area contributed by atoms with Gasteiger partial charge in [0.05, 0.1) is 6.10 Å². The minimum absolute atomic E-state index is 0.0799. The molecule has 1 heterocycles. The third kappa shape index (κ3) is 2.67. The van der Waals surface area contributed by atoms with Gasteiger partial charge in [-0.15, -0.1) is 0 Å². The number of benzene rings is 1. The topological polar surface area (TPSA) is 73.3 Å². The number of hydrogen-bond acceptors (Lipinski definition) is 3. The molecule has 0 amide bonds. The highest BCUT2D eigenvalue weighted by atomic mass is 79.9. The summed E-state index contributed by atoms with van der Waals surface area (Å²) >= 11 is 3.45. The van der Waals surface area contributed by atoms with Gasteiger partial charge in [0.2, 0.25) is 0 Å². The third-order valence-corrected chi connectivity index (χ3v) is 3.94. The van der Waals surface area contributed by atoms with Crippen molar-refractivity contribution in [1.82, 2.24) is 0 Å². The van der Waals surface area contributed by atoms with Gasteiger partial charge in [0.25, 0.3) is 0 Å². The fraction of sp³-hybridized carbons (Fsp3) is 0.462. The molecule has 0 bridgehead atoms. The van der Waals surface area contributed by atoms with Crippen LogP contribution in [0.15, 0.2) is 22.7 Å². The molecule has 0 spiro atoms. The molecule has 2 rings (SSSR count). The van der Waals surface area contributed by atoms with Crippen molar-refractivity contribution in [2.24, 2.45) is 11.7 Å². The quantitative estimate of drug-likeness (QED) is 0.577. The summed E-state index contributed by atoms with van der Waals surface area (Å²) in [5.41, 5.74) is 7.35.